The van der Waals surface area contributed by atoms with E-state index in [9.17, 15) is 0 Å². The third kappa shape index (κ3) is 3.74. The molecule has 0 spiro atoms. The van der Waals surface area contributed by atoms with Gasteiger partial charge in [-0.15, -0.1) is 10.2 Å². The van der Waals surface area contributed by atoms with Gasteiger partial charge in [0.05, 0.1) is 11.7 Å². The van der Waals surface area contributed by atoms with E-state index in [4.69, 9.17) is 5.73 Å². The molecule has 4 N–H and O–H groups in total. The predicted molar refractivity (Wildman–Crippen MR) is 106 cm³/mol. The highest BCUT2D eigenvalue weighted by atomic mass is 32.1. The minimum atomic E-state index is 0.0207. The van der Waals surface area contributed by atoms with Crippen LogP contribution in [0.15, 0.2) is 48.7 Å². The number of rotatable bonds is 6. The average Bonchev–Trinajstić information content (AvgIpc) is 3.30. The van der Waals surface area contributed by atoms with Gasteiger partial charge < -0.3 is 11.1 Å². The van der Waals surface area contributed by atoms with Crippen LogP contribution < -0.4 is 11.1 Å². The average molecular weight is 364 g/mol. The van der Waals surface area contributed by atoms with Crippen molar-refractivity contribution >= 4 is 27.4 Å². The number of nitrogens with two attached hydrogens (primary N) is 1. The zero-order valence-corrected chi connectivity index (χ0v) is 15.3. The van der Waals surface area contributed by atoms with Gasteiger partial charge in [0.2, 0.25) is 5.13 Å². The molecule has 4 aromatic rings. The van der Waals surface area contributed by atoms with E-state index in [1.54, 1.807) is 0 Å². The Balaban J connectivity index is 1.37. The van der Waals surface area contributed by atoms with Crippen LogP contribution in [0.1, 0.15) is 11.1 Å². The van der Waals surface area contributed by atoms with Crippen LogP contribution in [0.4, 0.5) is 5.13 Å². The van der Waals surface area contributed by atoms with E-state index in [0.717, 1.165) is 33.0 Å². The number of aryl methyl sites for hydroxylation is 1. The van der Waals surface area contributed by atoms with Crippen LogP contribution in [0.2, 0.25) is 0 Å². The second-order valence-corrected chi connectivity index (χ2v) is 7.39. The lowest BCUT2D eigenvalue weighted by Gasteiger charge is -2.12. The first-order valence-corrected chi connectivity index (χ1v) is 9.31. The first-order valence-electron chi connectivity index (χ1n) is 8.49. The summed E-state index contributed by atoms with van der Waals surface area (Å²) >= 11 is 1.53. The summed E-state index contributed by atoms with van der Waals surface area (Å²) in [5, 5.41) is 21.5. The van der Waals surface area contributed by atoms with Crippen molar-refractivity contribution in [3.63, 3.8) is 0 Å². The Morgan fingerprint density at radius 3 is 2.85 bits per heavy atom. The SMILES string of the molecule is Cc1ccc(C[C@H](N)CNc2nnc(-c3ccc4[nH]ncc4c3)s2)cc1. The molecule has 0 aliphatic rings. The number of hydrogen-bond donors (Lipinski definition) is 3. The molecule has 0 unspecified atom stereocenters. The van der Waals surface area contributed by atoms with Gasteiger partial charge in [-0.3, -0.25) is 5.10 Å². The van der Waals surface area contributed by atoms with Gasteiger partial charge in [-0.05, 0) is 37.1 Å². The molecule has 0 bridgehead atoms. The van der Waals surface area contributed by atoms with Gasteiger partial charge in [0, 0.05) is 23.5 Å². The molecular weight excluding hydrogens is 344 g/mol. The number of anilines is 1. The summed E-state index contributed by atoms with van der Waals surface area (Å²) in [5.41, 5.74) is 10.8. The van der Waals surface area contributed by atoms with Gasteiger partial charge in [0.15, 0.2) is 0 Å². The van der Waals surface area contributed by atoms with E-state index in [0.29, 0.717) is 6.54 Å². The number of hydrogen-bond acceptors (Lipinski definition) is 6. The maximum absolute atomic E-state index is 6.24. The van der Waals surface area contributed by atoms with Crippen LogP contribution >= 0.6 is 11.3 Å². The van der Waals surface area contributed by atoms with Gasteiger partial charge in [-0.2, -0.15) is 5.10 Å². The highest BCUT2D eigenvalue weighted by Crippen LogP contribution is 2.28. The van der Waals surface area contributed by atoms with Crippen molar-refractivity contribution in [3.8, 4) is 10.6 Å². The first-order chi connectivity index (χ1) is 12.7. The van der Waals surface area contributed by atoms with Crippen molar-refractivity contribution in [2.45, 2.75) is 19.4 Å². The third-order valence-corrected chi connectivity index (χ3v) is 5.18. The van der Waals surface area contributed by atoms with Crippen LogP contribution in [0.5, 0.6) is 0 Å². The zero-order chi connectivity index (χ0) is 17.9. The van der Waals surface area contributed by atoms with Gasteiger partial charge in [0.1, 0.15) is 5.01 Å². The molecule has 132 valence electrons. The van der Waals surface area contributed by atoms with E-state index in [2.05, 4.69) is 63.0 Å². The fourth-order valence-corrected chi connectivity index (χ4v) is 3.55. The molecule has 6 nitrogen and oxygen atoms in total. The summed E-state index contributed by atoms with van der Waals surface area (Å²) < 4.78 is 0. The monoisotopic (exact) mass is 364 g/mol. The fraction of sp³-hybridized carbons (Fsp3) is 0.211. The molecule has 26 heavy (non-hydrogen) atoms. The van der Waals surface area contributed by atoms with Crippen molar-refractivity contribution in [2.24, 2.45) is 5.73 Å². The molecule has 0 aliphatic carbocycles. The van der Waals surface area contributed by atoms with Gasteiger partial charge in [-0.1, -0.05) is 41.2 Å². The van der Waals surface area contributed by atoms with Gasteiger partial charge in [0.25, 0.3) is 0 Å². The number of H-pyrrole nitrogens is 1. The quantitative estimate of drug-likeness (QED) is 0.488. The molecule has 2 heterocycles. The Bertz CT molecular complexity index is 1000. The Morgan fingerprint density at radius 1 is 1.15 bits per heavy atom. The predicted octanol–water partition coefficient (Wildman–Crippen LogP) is 3.37. The van der Waals surface area contributed by atoms with Crippen molar-refractivity contribution in [3.05, 3.63) is 59.8 Å². The van der Waals surface area contributed by atoms with Gasteiger partial charge in [-0.25, -0.2) is 0 Å². The lowest BCUT2D eigenvalue weighted by Crippen LogP contribution is -2.31. The lowest BCUT2D eigenvalue weighted by atomic mass is 10.1. The molecule has 0 fully saturated rings. The smallest absolute Gasteiger partial charge is 0.206 e. The van der Waals surface area contributed by atoms with Gasteiger partial charge >= 0.3 is 0 Å². The molecule has 7 heteroatoms. The lowest BCUT2D eigenvalue weighted by molar-refractivity contribution is 0.698. The van der Waals surface area contributed by atoms with E-state index in [1.807, 2.05) is 18.3 Å². The normalized spacial score (nSPS) is 12.4. The molecule has 4 rings (SSSR count). The van der Waals surface area contributed by atoms with E-state index >= 15 is 0 Å². The highest BCUT2D eigenvalue weighted by Gasteiger charge is 2.10. The standard InChI is InChI=1S/C19H20N6S/c1-12-2-4-13(5-3-12)8-16(20)11-21-19-25-24-18(26-19)14-6-7-17-15(9-14)10-22-23-17/h2-7,9-10,16H,8,11,20H2,1H3,(H,21,25)(H,22,23)/t16-/m0/s1. The number of aromatic amines is 1. The van der Waals surface area contributed by atoms with Crippen LogP contribution in [-0.2, 0) is 6.42 Å². The molecule has 0 saturated carbocycles. The van der Waals surface area contributed by atoms with Crippen LogP contribution in [0, 0.1) is 6.92 Å². The maximum Gasteiger partial charge on any atom is 0.206 e. The first kappa shape index (κ1) is 16.7. The Hall–Kier alpha value is -2.77. The number of fused-ring (bicyclic) bond motifs is 1. The molecule has 1 atom stereocenters. The molecule has 0 saturated heterocycles. The second kappa shape index (κ2) is 7.23. The Labute approximate surface area is 155 Å². The van der Waals surface area contributed by atoms with Crippen LogP contribution in [0.3, 0.4) is 0 Å². The Kier molecular flexibility index (Phi) is 4.64. The fourth-order valence-electron chi connectivity index (χ4n) is 2.80. The van der Waals surface area contributed by atoms with Crippen molar-refractivity contribution in [1.82, 2.24) is 20.4 Å². The molecular formula is C19H20N6S. The number of aromatic nitrogens is 4. The second-order valence-electron chi connectivity index (χ2n) is 6.42. The number of benzene rings is 2. The van der Waals surface area contributed by atoms with Crippen molar-refractivity contribution < 1.29 is 0 Å². The molecule has 0 aliphatic heterocycles. The maximum atomic E-state index is 6.24. The molecule has 0 amide bonds. The topological polar surface area (TPSA) is 92.5 Å². The summed E-state index contributed by atoms with van der Waals surface area (Å²) in [6.07, 6.45) is 2.64. The van der Waals surface area contributed by atoms with Crippen molar-refractivity contribution in [2.75, 3.05) is 11.9 Å². The minimum Gasteiger partial charge on any atom is -0.359 e. The summed E-state index contributed by atoms with van der Waals surface area (Å²) in [7, 11) is 0. The summed E-state index contributed by atoms with van der Waals surface area (Å²) in [4.78, 5) is 0. The third-order valence-electron chi connectivity index (χ3n) is 4.25. The molecule has 0 radical (unpaired) electrons. The van der Waals surface area contributed by atoms with E-state index in [1.165, 1.54) is 22.5 Å². The summed E-state index contributed by atoms with van der Waals surface area (Å²) in [6.45, 7) is 2.74. The molecule has 2 aromatic carbocycles. The minimum absolute atomic E-state index is 0.0207. The van der Waals surface area contributed by atoms with Crippen molar-refractivity contribution in [1.29, 1.82) is 0 Å². The highest BCUT2D eigenvalue weighted by molar-refractivity contribution is 7.18. The summed E-state index contributed by atoms with van der Waals surface area (Å²) in [6, 6.07) is 14.6. The van der Waals surface area contributed by atoms with Crippen LogP contribution in [-0.4, -0.2) is 33.0 Å². The summed E-state index contributed by atoms with van der Waals surface area (Å²) in [5.74, 6) is 0. The number of nitrogens with zero attached hydrogens (tertiary/aromatic N) is 3. The van der Waals surface area contributed by atoms with E-state index < -0.39 is 0 Å². The number of nitrogens with one attached hydrogen (secondary N) is 2. The van der Waals surface area contributed by atoms with Crippen LogP contribution in [0.25, 0.3) is 21.5 Å². The largest absolute Gasteiger partial charge is 0.359 e. The van der Waals surface area contributed by atoms with E-state index in [-0.39, 0.29) is 6.04 Å². The molecule has 2 aromatic heterocycles. The zero-order valence-electron chi connectivity index (χ0n) is 14.4. The Morgan fingerprint density at radius 2 is 2.00 bits per heavy atom.